The molecule has 0 aromatic carbocycles. The number of nitrogens with zero attached hydrogens (tertiary/aromatic N) is 1. The third kappa shape index (κ3) is 8.93. The zero-order chi connectivity index (χ0) is 14.0. The standard InChI is InChI=1S/C8H17N.C8H19N/c1-7(2)8-3-5-9-6-4-8;1-5-6-7-9(4)8(2)3/h7-9H,3-6H2,1-2H3;8H,5-7H2,1-4H3. The lowest BCUT2D eigenvalue weighted by atomic mass is 9.87. The van der Waals surface area contributed by atoms with Crippen molar-refractivity contribution in [2.24, 2.45) is 11.8 Å². The van der Waals surface area contributed by atoms with Crippen LogP contribution in [0.2, 0.25) is 0 Å². The van der Waals surface area contributed by atoms with Crippen molar-refractivity contribution in [3.05, 3.63) is 0 Å². The molecule has 1 N–H and O–H groups in total. The van der Waals surface area contributed by atoms with E-state index in [-0.39, 0.29) is 0 Å². The Morgan fingerprint density at radius 2 is 1.67 bits per heavy atom. The summed E-state index contributed by atoms with van der Waals surface area (Å²) in [5.41, 5.74) is 0. The minimum atomic E-state index is 0.705. The lowest BCUT2D eigenvalue weighted by Gasteiger charge is -2.25. The second kappa shape index (κ2) is 10.8. The van der Waals surface area contributed by atoms with Crippen molar-refractivity contribution in [2.45, 2.75) is 66.3 Å². The van der Waals surface area contributed by atoms with Gasteiger partial charge in [-0.25, -0.2) is 0 Å². The van der Waals surface area contributed by atoms with Crippen LogP contribution in [0.15, 0.2) is 0 Å². The highest BCUT2D eigenvalue weighted by Crippen LogP contribution is 2.20. The summed E-state index contributed by atoms with van der Waals surface area (Å²) in [5, 5.41) is 3.37. The normalized spacial score (nSPS) is 17.2. The Hall–Kier alpha value is -0.0800. The smallest absolute Gasteiger partial charge is 0.00355 e. The second-order valence-electron chi connectivity index (χ2n) is 6.26. The minimum absolute atomic E-state index is 0.705. The van der Waals surface area contributed by atoms with Crippen LogP contribution in [0.1, 0.15) is 60.3 Å². The second-order valence-corrected chi connectivity index (χ2v) is 6.26. The molecule has 0 amide bonds. The summed E-state index contributed by atoms with van der Waals surface area (Å²) in [6, 6.07) is 0.705. The SMILES string of the molecule is CC(C)C1CCNCC1.CCCCN(C)C(C)C. The maximum Gasteiger partial charge on any atom is 0.00355 e. The quantitative estimate of drug-likeness (QED) is 0.805. The van der Waals surface area contributed by atoms with Gasteiger partial charge in [0.05, 0.1) is 0 Å². The molecule has 1 heterocycles. The fourth-order valence-electron chi connectivity index (χ4n) is 2.18. The highest BCUT2D eigenvalue weighted by Gasteiger charge is 2.15. The van der Waals surface area contributed by atoms with E-state index >= 15 is 0 Å². The van der Waals surface area contributed by atoms with Crippen LogP contribution < -0.4 is 5.32 Å². The Bertz CT molecular complexity index is 172. The van der Waals surface area contributed by atoms with E-state index in [4.69, 9.17) is 0 Å². The molecule has 0 aromatic heterocycles. The Morgan fingerprint density at radius 1 is 1.11 bits per heavy atom. The number of hydrogen-bond donors (Lipinski definition) is 1. The van der Waals surface area contributed by atoms with Gasteiger partial charge in [0.2, 0.25) is 0 Å². The van der Waals surface area contributed by atoms with Gasteiger partial charge in [0.25, 0.3) is 0 Å². The van der Waals surface area contributed by atoms with E-state index < -0.39 is 0 Å². The Balaban J connectivity index is 0.000000321. The molecule has 1 rings (SSSR count). The van der Waals surface area contributed by atoms with Crippen LogP contribution >= 0.6 is 0 Å². The molecule has 2 heteroatoms. The summed E-state index contributed by atoms with van der Waals surface area (Å²) < 4.78 is 0. The largest absolute Gasteiger partial charge is 0.317 e. The Morgan fingerprint density at radius 3 is 2.00 bits per heavy atom. The molecule has 110 valence electrons. The molecule has 0 bridgehead atoms. The fourth-order valence-corrected chi connectivity index (χ4v) is 2.18. The molecule has 1 aliphatic heterocycles. The van der Waals surface area contributed by atoms with Crippen LogP contribution in [0, 0.1) is 11.8 Å². The van der Waals surface area contributed by atoms with Gasteiger partial charge in [0, 0.05) is 6.04 Å². The summed E-state index contributed by atoms with van der Waals surface area (Å²) in [7, 11) is 2.18. The minimum Gasteiger partial charge on any atom is -0.317 e. The molecule has 0 saturated carbocycles. The van der Waals surface area contributed by atoms with Crippen molar-refractivity contribution in [3.8, 4) is 0 Å². The van der Waals surface area contributed by atoms with E-state index in [2.05, 4.69) is 51.9 Å². The highest BCUT2D eigenvalue weighted by atomic mass is 15.1. The number of unbranched alkanes of at least 4 members (excludes halogenated alkanes) is 1. The first-order chi connectivity index (χ1) is 8.49. The Labute approximate surface area is 116 Å². The first-order valence-electron chi connectivity index (χ1n) is 7.90. The van der Waals surface area contributed by atoms with E-state index in [0.717, 1.165) is 11.8 Å². The molecule has 0 radical (unpaired) electrons. The summed E-state index contributed by atoms with van der Waals surface area (Å²) >= 11 is 0. The molecule has 0 unspecified atom stereocenters. The van der Waals surface area contributed by atoms with E-state index in [1.165, 1.54) is 45.3 Å². The van der Waals surface area contributed by atoms with Gasteiger partial charge in [-0.05, 0) is 71.6 Å². The number of hydrogen-bond acceptors (Lipinski definition) is 2. The van der Waals surface area contributed by atoms with Crippen molar-refractivity contribution in [1.29, 1.82) is 0 Å². The van der Waals surface area contributed by atoms with Gasteiger partial charge in [-0.1, -0.05) is 27.2 Å². The fraction of sp³-hybridized carbons (Fsp3) is 1.00. The topological polar surface area (TPSA) is 15.3 Å². The summed E-state index contributed by atoms with van der Waals surface area (Å²) in [6.45, 7) is 15.1. The average Bonchev–Trinajstić information content (AvgIpc) is 2.37. The van der Waals surface area contributed by atoms with Crippen LogP contribution in [0.4, 0.5) is 0 Å². The predicted molar refractivity (Wildman–Crippen MR) is 83.1 cm³/mol. The molecular weight excluding hydrogens is 220 g/mol. The van der Waals surface area contributed by atoms with E-state index in [9.17, 15) is 0 Å². The monoisotopic (exact) mass is 256 g/mol. The van der Waals surface area contributed by atoms with Gasteiger partial charge in [0.15, 0.2) is 0 Å². The first kappa shape index (κ1) is 17.9. The van der Waals surface area contributed by atoms with E-state index in [0.29, 0.717) is 6.04 Å². The highest BCUT2D eigenvalue weighted by molar-refractivity contribution is 4.70. The molecule has 0 aliphatic carbocycles. The zero-order valence-electron chi connectivity index (χ0n) is 13.6. The van der Waals surface area contributed by atoms with Crippen LogP contribution in [-0.4, -0.2) is 37.6 Å². The van der Waals surface area contributed by atoms with Gasteiger partial charge in [-0.3, -0.25) is 0 Å². The van der Waals surface area contributed by atoms with Crippen molar-refractivity contribution < 1.29 is 0 Å². The number of rotatable bonds is 5. The van der Waals surface area contributed by atoms with Crippen molar-refractivity contribution >= 4 is 0 Å². The van der Waals surface area contributed by atoms with E-state index in [1.807, 2.05) is 0 Å². The van der Waals surface area contributed by atoms with Crippen molar-refractivity contribution in [1.82, 2.24) is 10.2 Å². The van der Waals surface area contributed by atoms with Crippen LogP contribution in [0.5, 0.6) is 0 Å². The maximum absolute atomic E-state index is 3.37. The van der Waals surface area contributed by atoms with Crippen molar-refractivity contribution in [2.75, 3.05) is 26.7 Å². The van der Waals surface area contributed by atoms with Crippen LogP contribution in [-0.2, 0) is 0 Å². The molecule has 18 heavy (non-hydrogen) atoms. The third-order valence-electron chi connectivity index (χ3n) is 4.07. The molecule has 0 aromatic rings. The molecule has 1 saturated heterocycles. The van der Waals surface area contributed by atoms with Gasteiger partial charge in [-0.2, -0.15) is 0 Å². The lowest BCUT2D eigenvalue weighted by Crippen LogP contribution is -2.29. The molecule has 1 aliphatic rings. The molecular formula is C16H36N2. The first-order valence-corrected chi connectivity index (χ1v) is 7.90. The Kier molecular flexibility index (Phi) is 10.8. The summed E-state index contributed by atoms with van der Waals surface area (Å²) in [5.74, 6) is 1.89. The van der Waals surface area contributed by atoms with Gasteiger partial charge in [-0.15, -0.1) is 0 Å². The zero-order valence-corrected chi connectivity index (χ0v) is 13.6. The predicted octanol–water partition coefficient (Wildman–Crippen LogP) is 3.77. The van der Waals surface area contributed by atoms with Crippen LogP contribution in [0.25, 0.3) is 0 Å². The molecule has 1 fully saturated rings. The van der Waals surface area contributed by atoms with Gasteiger partial charge < -0.3 is 10.2 Å². The number of nitrogens with one attached hydrogen (secondary N) is 1. The number of piperidine rings is 1. The molecule has 0 spiro atoms. The van der Waals surface area contributed by atoms with Gasteiger partial charge >= 0.3 is 0 Å². The summed E-state index contributed by atoms with van der Waals surface area (Å²) in [6.07, 6.45) is 5.40. The molecule has 2 nitrogen and oxygen atoms in total. The molecule has 0 atom stereocenters. The third-order valence-corrected chi connectivity index (χ3v) is 4.07. The van der Waals surface area contributed by atoms with E-state index in [1.54, 1.807) is 0 Å². The van der Waals surface area contributed by atoms with Crippen LogP contribution in [0.3, 0.4) is 0 Å². The van der Waals surface area contributed by atoms with Crippen molar-refractivity contribution in [3.63, 3.8) is 0 Å². The maximum atomic E-state index is 3.37. The van der Waals surface area contributed by atoms with Gasteiger partial charge in [0.1, 0.15) is 0 Å². The lowest BCUT2D eigenvalue weighted by molar-refractivity contribution is 0.270. The average molecular weight is 256 g/mol. The summed E-state index contributed by atoms with van der Waals surface area (Å²) in [4.78, 5) is 2.38.